The van der Waals surface area contributed by atoms with Crippen molar-refractivity contribution in [3.05, 3.63) is 99.2 Å². The molecule has 0 radical (unpaired) electrons. The van der Waals surface area contributed by atoms with Crippen LogP contribution in [0, 0.1) is 6.92 Å². The predicted molar refractivity (Wildman–Crippen MR) is 109 cm³/mol. The van der Waals surface area contributed by atoms with Gasteiger partial charge in [-0.1, -0.05) is 35.9 Å². The molecule has 28 heavy (non-hydrogen) atoms. The largest absolute Gasteiger partial charge is 0.452 e. The van der Waals surface area contributed by atoms with E-state index in [1.54, 1.807) is 66.7 Å². The van der Waals surface area contributed by atoms with Crippen molar-refractivity contribution in [1.29, 1.82) is 0 Å². The minimum atomic E-state index is -0.630. The van der Waals surface area contributed by atoms with Gasteiger partial charge in [-0.3, -0.25) is 4.79 Å². The van der Waals surface area contributed by atoms with Crippen LogP contribution >= 0.6 is 11.6 Å². The molecule has 0 aliphatic carbocycles. The highest BCUT2D eigenvalue weighted by molar-refractivity contribution is 6.30. The highest BCUT2D eigenvalue weighted by Crippen LogP contribution is 2.32. The molecule has 0 saturated carbocycles. The molecule has 0 fully saturated rings. The van der Waals surface area contributed by atoms with Crippen LogP contribution in [-0.4, -0.2) is 5.97 Å². The Balaban J connectivity index is 1.92. The van der Waals surface area contributed by atoms with Crippen LogP contribution in [0.4, 0.5) is 0 Å². The molecule has 0 spiro atoms. The maximum Gasteiger partial charge on any atom is 0.343 e. The van der Waals surface area contributed by atoms with E-state index in [4.69, 9.17) is 20.8 Å². The summed E-state index contributed by atoms with van der Waals surface area (Å²) in [4.78, 5) is 25.7. The van der Waals surface area contributed by atoms with Gasteiger partial charge in [-0.25, -0.2) is 4.79 Å². The van der Waals surface area contributed by atoms with E-state index in [1.807, 2.05) is 13.0 Å². The van der Waals surface area contributed by atoms with E-state index in [2.05, 4.69) is 0 Å². The van der Waals surface area contributed by atoms with E-state index in [0.717, 1.165) is 5.56 Å². The molecule has 5 heteroatoms. The van der Waals surface area contributed by atoms with E-state index in [-0.39, 0.29) is 11.5 Å². The molecule has 0 bridgehead atoms. The summed E-state index contributed by atoms with van der Waals surface area (Å²) in [5, 5.41) is 0.893. The lowest BCUT2D eigenvalue weighted by atomic mass is 10.1. The maximum atomic E-state index is 13.1. The molecule has 0 aliphatic rings. The summed E-state index contributed by atoms with van der Waals surface area (Å²) in [5.41, 5.74) is 1.89. The first kappa shape index (κ1) is 18.0. The second-order valence-electron chi connectivity index (χ2n) is 6.35. The monoisotopic (exact) mass is 390 g/mol. The van der Waals surface area contributed by atoms with Crippen molar-refractivity contribution < 1.29 is 13.9 Å². The Kier molecular flexibility index (Phi) is 4.72. The summed E-state index contributed by atoms with van der Waals surface area (Å²) in [6, 6.07) is 20.5. The van der Waals surface area contributed by atoms with Gasteiger partial charge < -0.3 is 9.15 Å². The SMILES string of the molecule is Cc1ccc2c(=O)c(OC(=O)c3ccccc3)c(-c3ccc(Cl)cc3)oc2c1. The molecule has 4 nitrogen and oxygen atoms in total. The third-order valence-electron chi connectivity index (χ3n) is 4.32. The quantitative estimate of drug-likeness (QED) is 0.425. The highest BCUT2D eigenvalue weighted by Gasteiger charge is 2.21. The topological polar surface area (TPSA) is 56.5 Å². The Bertz CT molecular complexity index is 1230. The summed E-state index contributed by atoms with van der Waals surface area (Å²) in [6.07, 6.45) is 0. The maximum absolute atomic E-state index is 13.1. The standard InChI is InChI=1S/C23H15ClO4/c1-14-7-12-18-19(13-14)27-21(15-8-10-17(24)11-9-15)22(20(18)25)28-23(26)16-5-3-2-4-6-16/h2-13H,1H3. The zero-order chi connectivity index (χ0) is 19.7. The zero-order valence-corrected chi connectivity index (χ0v) is 15.7. The van der Waals surface area contributed by atoms with Crippen LogP contribution in [-0.2, 0) is 0 Å². The number of fused-ring (bicyclic) bond motifs is 1. The molecule has 0 aliphatic heterocycles. The smallest absolute Gasteiger partial charge is 0.343 e. The van der Waals surface area contributed by atoms with Crippen molar-refractivity contribution in [2.24, 2.45) is 0 Å². The fourth-order valence-corrected chi connectivity index (χ4v) is 3.02. The number of hydrogen-bond acceptors (Lipinski definition) is 4. The average molecular weight is 391 g/mol. The van der Waals surface area contributed by atoms with Crippen LogP contribution in [0.5, 0.6) is 5.75 Å². The molecule has 4 aromatic rings. The fraction of sp³-hybridized carbons (Fsp3) is 0.0435. The molecule has 4 rings (SSSR count). The van der Waals surface area contributed by atoms with E-state index < -0.39 is 11.4 Å². The first-order chi connectivity index (χ1) is 13.5. The molecule has 0 saturated heterocycles. The van der Waals surface area contributed by atoms with Gasteiger partial charge in [0.1, 0.15) is 5.58 Å². The summed E-state index contributed by atoms with van der Waals surface area (Å²) < 4.78 is 11.5. The second-order valence-corrected chi connectivity index (χ2v) is 6.79. The number of rotatable bonds is 3. The second kappa shape index (κ2) is 7.33. The molecule has 0 amide bonds. The normalized spacial score (nSPS) is 10.8. The Morgan fingerprint density at radius 1 is 0.964 bits per heavy atom. The van der Waals surface area contributed by atoms with E-state index >= 15 is 0 Å². The van der Waals surface area contributed by atoms with Crippen LogP contribution in [0.1, 0.15) is 15.9 Å². The third kappa shape index (κ3) is 3.42. The van der Waals surface area contributed by atoms with Crippen molar-refractivity contribution in [2.45, 2.75) is 6.92 Å². The molecule has 138 valence electrons. The van der Waals surface area contributed by atoms with Crippen LogP contribution in [0.25, 0.3) is 22.3 Å². The molecule has 3 aromatic carbocycles. The number of hydrogen-bond donors (Lipinski definition) is 0. The number of carbonyl (C=O) groups excluding carboxylic acids is 1. The Hall–Kier alpha value is -3.37. The van der Waals surface area contributed by atoms with Crippen molar-refractivity contribution in [2.75, 3.05) is 0 Å². The predicted octanol–water partition coefficient (Wildman–Crippen LogP) is 5.64. The van der Waals surface area contributed by atoms with Crippen molar-refractivity contribution >= 4 is 28.5 Å². The Labute approximate surface area is 166 Å². The fourth-order valence-electron chi connectivity index (χ4n) is 2.89. The molecule has 1 aromatic heterocycles. The number of aryl methyl sites for hydroxylation is 1. The Morgan fingerprint density at radius 2 is 1.68 bits per heavy atom. The lowest BCUT2D eigenvalue weighted by Crippen LogP contribution is -2.16. The molecular formula is C23H15ClO4. The van der Waals surface area contributed by atoms with Gasteiger partial charge in [-0.15, -0.1) is 0 Å². The number of carbonyl (C=O) groups is 1. The number of esters is 1. The third-order valence-corrected chi connectivity index (χ3v) is 4.57. The van der Waals surface area contributed by atoms with E-state index in [0.29, 0.717) is 27.1 Å². The summed E-state index contributed by atoms with van der Waals surface area (Å²) >= 11 is 5.97. The molecule has 1 heterocycles. The summed E-state index contributed by atoms with van der Waals surface area (Å²) in [5.74, 6) is -0.592. The minimum absolute atomic E-state index is 0.146. The zero-order valence-electron chi connectivity index (χ0n) is 14.9. The van der Waals surface area contributed by atoms with Crippen LogP contribution in [0.15, 0.2) is 82.0 Å². The molecular weight excluding hydrogens is 376 g/mol. The highest BCUT2D eigenvalue weighted by atomic mass is 35.5. The number of benzene rings is 3. The minimum Gasteiger partial charge on any atom is -0.452 e. The van der Waals surface area contributed by atoms with Crippen LogP contribution < -0.4 is 10.2 Å². The molecule has 0 unspecified atom stereocenters. The lowest BCUT2D eigenvalue weighted by molar-refractivity contribution is 0.0731. The van der Waals surface area contributed by atoms with Gasteiger partial charge in [-0.2, -0.15) is 0 Å². The van der Waals surface area contributed by atoms with Gasteiger partial charge in [0, 0.05) is 10.6 Å². The van der Waals surface area contributed by atoms with Gasteiger partial charge in [0.15, 0.2) is 5.76 Å². The summed E-state index contributed by atoms with van der Waals surface area (Å²) in [6.45, 7) is 1.91. The molecule has 0 atom stereocenters. The summed E-state index contributed by atoms with van der Waals surface area (Å²) in [7, 11) is 0. The van der Waals surface area contributed by atoms with E-state index in [9.17, 15) is 9.59 Å². The lowest BCUT2D eigenvalue weighted by Gasteiger charge is -2.11. The van der Waals surface area contributed by atoms with Gasteiger partial charge in [-0.05, 0) is 61.0 Å². The number of ether oxygens (including phenoxy) is 1. The van der Waals surface area contributed by atoms with Gasteiger partial charge >= 0.3 is 5.97 Å². The average Bonchev–Trinajstić information content (AvgIpc) is 2.71. The first-order valence-corrected chi connectivity index (χ1v) is 9.01. The first-order valence-electron chi connectivity index (χ1n) is 8.63. The van der Waals surface area contributed by atoms with Gasteiger partial charge in [0.05, 0.1) is 10.9 Å². The Morgan fingerprint density at radius 3 is 2.39 bits per heavy atom. The van der Waals surface area contributed by atoms with Gasteiger partial charge in [0.25, 0.3) is 0 Å². The number of halogens is 1. The van der Waals surface area contributed by atoms with Crippen molar-refractivity contribution in [1.82, 2.24) is 0 Å². The van der Waals surface area contributed by atoms with Crippen molar-refractivity contribution in [3.63, 3.8) is 0 Å². The van der Waals surface area contributed by atoms with Crippen molar-refractivity contribution in [3.8, 4) is 17.1 Å². The van der Waals surface area contributed by atoms with Crippen LogP contribution in [0.3, 0.4) is 0 Å². The van der Waals surface area contributed by atoms with Crippen LogP contribution in [0.2, 0.25) is 5.02 Å². The molecule has 0 N–H and O–H groups in total. The van der Waals surface area contributed by atoms with Gasteiger partial charge in [0.2, 0.25) is 11.2 Å². The van der Waals surface area contributed by atoms with E-state index in [1.165, 1.54) is 0 Å².